The molecule has 0 bridgehead atoms. The number of carbonyl (C=O) groups excluding carboxylic acids is 1. The van der Waals surface area contributed by atoms with E-state index in [-0.39, 0.29) is 11.5 Å². The first-order valence-corrected chi connectivity index (χ1v) is 7.85. The molecule has 2 saturated heterocycles. The highest BCUT2D eigenvalue weighted by atomic mass is 16.2. The zero-order valence-corrected chi connectivity index (χ0v) is 13.0. The first-order valence-electron chi connectivity index (χ1n) is 7.85. The molecule has 0 radical (unpaired) electrons. The molecule has 4 nitrogen and oxygen atoms in total. The van der Waals surface area contributed by atoms with Gasteiger partial charge in [-0.3, -0.25) is 9.69 Å². The van der Waals surface area contributed by atoms with Gasteiger partial charge >= 0.3 is 0 Å². The number of nitrogens with one attached hydrogen (secondary N) is 1. The summed E-state index contributed by atoms with van der Waals surface area (Å²) in [7, 11) is 0. The maximum absolute atomic E-state index is 12.4. The fourth-order valence-corrected chi connectivity index (χ4v) is 3.20. The summed E-state index contributed by atoms with van der Waals surface area (Å²) in [6.45, 7) is 9.78. The lowest BCUT2D eigenvalue weighted by molar-refractivity contribution is -0.142. The van der Waals surface area contributed by atoms with Gasteiger partial charge in [0.2, 0.25) is 5.91 Å². The van der Waals surface area contributed by atoms with Crippen LogP contribution < -0.4 is 5.32 Å². The number of nitrogens with zero attached hydrogens (tertiary/aromatic N) is 2. The lowest BCUT2D eigenvalue weighted by Gasteiger charge is -2.48. The van der Waals surface area contributed by atoms with Crippen LogP contribution in [0, 0.1) is 5.92 Å². The number of amides is 1. The molecule has 1 N–H and O–H groups in total. The van der Waals surface area contributed by atoms with E-state index in [1.807, 2.05) is 0 Å². The van der Waals surface area contributed by atoms with Gasteiger partial charge in [-0.1, -0.05) is 30.3 Å². The number of hydrogen-bond acceptors (Lipinski definition) is 3. The van der Waals surface area contributed by atoms with Gasteiger partial charge in [-0.2, -0.15) is 0 Å². The van der Waals surface area contributed by atoms with Crippen molar-refractivity contribution in [2.45, 2.75) is 25.9 Å². The van der Waals surface area contributed by atoms with Crippen LogP contribution in [0.3, 0.4) is 0 Å². The van der Waals surface area contributed by atoms with Crippen molar-refractivity contribution in [1.29, 1.82) is 0 Å². The predicted molar refractivity (Wildman–Crippen MR) is 83.9 cm³/mol. The van der Waals surface area contributed by atoms with Crippen molar-refractivity contribution in [3.05, 3.63) is 35.9 Å². The Hall–Kier alpha value is -1.39. The molecule has 1 amide bonds. The normalized spacial score (nSPS) is 22.9. The van der Waals surface area contributed by atoms with Crippen LogP contribution in [0.5, 0.6) is 0 Å². The third kappa shape index (κ3) is 3.11. The third-order valence-electron chi connectivity index (χ3n) is 4.73. The van der Waals surface area contributed by atoms with Crippen LogP contribution >= 0.6 is 0 Å². The van der Waals surface area contributed by atoms with Crippen molar-refractivity contribution >= 4 is 5.91 Å². The molecule has 2 heterocycles. The number of piperazine rings is 1. The minimum absolute atomic E-state index is 0.0287. The van der Waals surface area contributed by atoms with E-state index in [0.29, 0.717) is 5.91 Å². The van der Waals surface area contributed by atoms with Crippen LogP contribution in [-0.2, 0) is 11.3 Å². The topological polar surface area (TPSA) is 35.6 Å². The maximum atomic E-state index is 12.4. The SMILES string of the molecule is CC1(C)CN(C(=O)C2CNC2)CCN1Cc1ccccc1. The van der Waals surface area contributed by atoms with Gasteiger partial charge in [-0.15, -0.1) is 0 Å². The Morgan fingerprint density at radius 2 is 1.95 bits per heavy atom. The van der Waals surface area contributed by atoms with E-state index >= 15 is 0 Å². The van der Waals surface area contributed by atoms with E-state index in [9.17, 15) is 4.79 Å². The summed E-state index contributed by atoms with van der Waals surface area (Å²) < 4.78 is 0. The van der Waals surface area contributed by atoms with Gasteiger partial charge in [0.05, 0.1) is 5.92 Å². The largest absolute Gasteiger partial charge is 0.339 e. The van der Waals surface area contributed by atoms with E-state index in [0.717, 1.165) is 39.3 Å². The van der Waals surface area contributed by atoms with E-state index in [1.54, 1.807) is 0 Å². The first-order chi connectivity index (χ1) is 10.1. The van der Waals surface area contributed by atoms with E-state index in [1.165, 1.54) is 5.56 Å². The molecule has 0 unspecified atom stereocenters. The molecule has 2 aliphatic rings. The van der Waals surface area contributed by atoms with E-state index < -0.39 is 0 Å². The van der Waals surface area contributed by atoms with Crippen molar-refractivity contribution in [2.75, 3.05) is 32.7 Å². The van der Waals surface area contributed by atoms with Gasteiger partial charge in [0.25, 0.3) is 0 Å². The fraction of sp³-hybridized carbons (Fsp3) is 0.588. The molecule has 114 valence electrons. The standard InChI is InChI=1S/C17H25N3O/c1-17(2)13-19(16(21)15-10-18-11-15)8-9-20(17)12-14-6-4-3-5-7-14/h3-7,15,18H,8-13H2,1-2H3. The summed E-state index contributed by atoms with van der Waals surface area (Å²) in [5.41, 5.74) is 1.37. The predicted octanol–water partition coefficient (Wildman–Crippen LogP) is 1.33. The molecule has 21 heavy (non-hydrogen) atoms. The second-order valence-electron chi connectivity index (χ2n) is 6.83. The number of hydrogen-bond donors (Lipinski definition) is 1. The molecule has 1 aromatic rings. The number of rotatable bonds is 3. The lowest BCUT2D eigenvalue weighted by atomic mass is 9.95. The fourth-order valence-electron chi connectivity index (χ4n) is 3.20. The molecule has 2 fully saturated rings. The zero-order chi connectivity index (χ0) is 14.9. The maximum Gasteiger partial charge on any atom is 0.228 e. The smallest absolute Gasteiger partial charge is 0.228 e. The van der Waals surface area contributed by atoms with Gasteiger partial charge in [0, 0.05) is 44.8 Å². The minimum atomic E-state index is 0.0287. The van der Waals surface area contributed by atoms with Gasteiger partial charge in [-0.05, 0) is 19.4 Å². The molecular weight excluding hydrogens is 262 g/mol. The molecule has 0 spiro atoms. The first kappa shape index (κ1) is 14.5. The van der Waals surface area contributed by atoms with Crippen molar-refractivity contribution in [1.82, 2.24) is 15.1 Å². The minimum Gasteiger partial charge on any atom is -0.339 e. The molecule has 2 aliphatic heterocycles. The summed E-state index contributed by atoms with van der Waals surface area (Å²) >= 11 is 0. The van der Waals surface area contributed by atoms with Gasteiger partial charge in [-0.25, -0.2) is 0 Å². The Morgan fingerprint density at radius 1 is 1.24 bits per heavy atom. The Morgan fingerprint density at radius 3 is 2.52 bits per heavy atom. The third-order valence-corrected chi connectivity index (χ3v) is 4.73. The molecule has 0 saturated carbocycles. The van der Waals surface area contributed by atoms with Crippen LogP contribution in [0.2, 0.25) is 0 Å². The Kier molecular flexibility index (Phi) is 4.00. The summed E-state index contributed by atoms with van der Waals surface area (Å²) in [5.74, 6) is 0.544. The summed E-state index contributed by atoms with van der Waals surface area (Å²) in [5, 5.41) is 3.19. The van der Waals surface area contributed by atoms with Crippen molar-refractivity contribution < 1.29 is 4.79 Å². The second kappa shape index (κ2) is 5.78. The summed E-state index contributed by atoms with van der Waals surface area (Å²) in [6, 6.07) is 10.6. The Balaban J connectivity index is 1.63. The van der Waals surface area contributed by atoms with Crippen molar-refractivity contribution in [3.8, 4) is 0 Å². The van der Waals surface area contributed by atoms with Crippen LogP contribution in [0.25, 0.3) is 0 Å². The zero-order valence-electron chi connectivity index (χ0n) is 13.0. The Labute approximate surface area is 127 Å². The van der Waals surface area contributed by atoms with Crippen molar-refractivity contribution in [2.24, 2.45) is 5.92 Å². The van der Waals surface area contributed by atoms with E-state index in [4.69, 9.17) is 0 Å². The van der Waals surface area contributed by atoms with Crippen molar-refractivity contribution in [3.63, 3.8) is 0 Å². The van der Waals surface area contributed by atoms with Crippen LogP contribution in [0.1, 0.15) is 19.4 Å². The Bertz CT molecular complexity index is 496. The number of carbonyl (C=O) groups is 1. The molecule has 0 aromatic heterocycles. The quantitative estimate of drug-likeness (QED) is 0.911. The molecule has 4 heteroatoms. The molecule has 0 atom stereocenters. The molecular formula is C17H25N3O. The molecule has 0 aliphatic carbocycles. The summed E-state index contributed by atoms with van der Waals surface area (Å²) in [6.07, 6.45) is 0. The highest BCUT2D eigenvalue weighted by Gasteiger charge is 2.38. The van der Waals surface area contributed by atoms with Gasteiger partial charge < -0.3 is 10.2 Å². The van der Waals surface area contributed by atoms with Gasteiger partial charge in [0.1, 0.15) is 0 Å². The highest BCUT2D eigenvalue weighted by Crippen LogP contribution is 2.24. The number of benzene rings is 1. The second-order valence-corrected chi connectivity index (χ2v) is 6.83. The van der Waals surface area contributed by atoms with Crippen LogP contribution in [-0.4, -0.2) is 54.0 Å². The molecule has 3 rings (SSSR count). The lowest BCUT2D eigenvalue weighted by Crippen LogP contribution is -2.62. The average molecular weight is 287 g/mol. The molecule has 1 aromatic carbocycles. The van der Waals surface area contributed by atoms with E-state index in [2.05, 4.69) is 59.3 Å². The average Bonchev–Trinajstić information content (AvgIpc) is 2.40. The monoisotopic (exact) mass is 287 g/mol. The van der Waals surface area contributed by atoms with Crippen LogP contribution in [0.15, 0.2) is 30.3 Å². The summed E-state index contributed by atoms with van der Waals surface area (Å²) in [4.78, 5) is 17.0. The van der Waals surface area contributed by atoms with Gasteiger partial charge in [0.15, 0.2) is 0 Å². The highest BCUT2D eigenvalue weighted by molar-refractivity contribution is 5.80. The van der Waals surface area contributed by atoms with Crippen LogP contribution in [0.4, 0.5) is 0 Å².